The van der Waals surface area contributed by atoms with Crippen LogP contribution in [0.2, 0.25) is 0 Å². The number of carbonyl (C=O) groups is 3. The largest absolute Gasteiger partial charge is 0.363 e. The van der Waals surface area contributed by atoms with Crippen molar-refractivity contribution in [3.05, 3.63) is 64.6 Å². The third kappa shape index (κ3) is 4.09. The lowest BCUT2D eigenvalue weighted by atomic mass is 10.0. The summed E-state index contributed by atoms with van der Waals surface area (Å²) in [7, 11) is 0. The number of hydrogen-bond acceptors (Lipinski definition) is 6. The lowest BCUT2D eigenvalue weighted by Gasteiger charge is -2.16. The minimum Gasteiger partial charge on any atom is -0.363 e. The Labute approximate surface area is 159 Å². The molecule has 0 aliphatic heterocycles. The Kier molecular flexibility index (Phi) is 5.41. The van der Waals surface area contributed by atoms with E-state index in [9.17, 15) is 14.4 Å². The van der Waals surface area contributed by atoms with Crippen LogP contribution in [0, 0.1) is 6.92 Å². The Bertz CT molecular complexity index is 966. The lowest BCUT2D eigenvalue weighted by molar-refractivity contribution is -0.137. The molecule has 138 valence electrons. The van der Waals surface area contributed by atoms with E-state index in [-0.39, 0.29) is 12.1 Å². The third-order valence-electron chi connectivity index (χ3n) is 3.96. The molecule has 3 rings (SSSR count). The standard InChI is InChI=1S/C18H17N5O3S/c1-11-21-9-15(23(11)13-3-2-5-20-8-13)18(26)22-14(16(24)17(19)25)7-12-4-6-27-10-12/h2-6,8-10,14H,7H2,1H3,(H2,19,25)(H,22,26). The first-order valence-electron chi connectivity index (χ1n) is 8.07. The van der Waals surface area contributed by atoms with E-state index in [0.29, 0.717) is 11.5 Å². The highest BCUT2D eigenvalue weighted by atomic mass is 32.1. The molecule has 3 aromatic heterocycles. The molecule has 0 radical (unpaired) electrons. The fourth-order valence-electron chi connectivity index (χ4n) is 2.67. The third-order valence-corrected chi connectivity index (χ3v) is 4.69. The normalized spacial score (nSPS) is 11.7. The molecule has 1 unspecified atom stereocenters. The first-order chi connectivity index (χ1) is 13.0. The summed E-state index contributed by atoms with van der Waals surface area (Å²) in [5, 5.41) is 6.31. The molecule has 0 spiro atoms. The Hall–Kier alpha value is -3.33. The highest BCUT2D eigenvalue weighted by Gasteiger charge is 2.27. The van der Waals surface area contributed by atoms with Crippen LogP contribution in [0.4, 0.5) is 0 Å². The highest BCUT2D eigenvalue weighted by Crippen LogP contribution is 2.15. The molecule has 0 aliphatic carbocycles. The Morgan fingerprint density at radius 3 is 2.74 bits per heavy atom. The molecule has 8 nitrogen and oxygen atoms in total. The van der Waals surface area contributed by atoms with Crippen molar-refractivity contribution in [2.45, 2.75) is 19.4 Å². The SMILES string of the molecule is Cc1ncc(C(=O)NC(Cc2ccsc2)C(=O)C(N)=O)n1-c1cccnc1. The maximum Gasteiger partial charge on any atom is 0.287 e. The molecule has 0 aliphatic rings. The van der Waals surface area contributed by atoms with Crippen molar-refractivity contribution < 1.29 is 14.4 Å². The van der Waals surface area contributed by atoms with Crippen LogP contribution in [0.15, 0.2) is 47.5 Å². The number of nitrogens with one attached hydrogen (secondary N) is 1. The van der Waals surface area contributed by atoms with E-state index < -0.39 is 23.6 Å². The van der Waals surface area contributed by atoms with Crippen molar-refractivity contribution in [1.29, 1.82) is 0 Å². The summed E-state index contributed by atoms with van der Waals surface area (Å²) in [6.45, 7) is 1.75. The molecule has 0 saturated carbocycles. The molecule has 3 heterocycles. The number of Topliss-reactive ketones (excluding diaryl/α,β-unsaturated/α-hetero) is 1. The van der Waals surface area contributed by atoms with Crippen LogP contribution in [-0.2, 0) is 16.0 Å². The van der Waals surface area contributed by atoms with Crippen molar-refractivity contribution in [2.24, 2.45) is 5.73 Å². The van der Waals surface area contributed by atoms with Crippen LogP contribution in [0.5, 0.6) is 0 Å². The molecule has 0 aromatic carbocycles. The zero-order valence-electron chi connectivity index (χ0n) is 14.5. The van der Waals surface area contributed by atoms with Gasteiger partial charge in [-0.15, -0.1) is 0 Å². The molecule has 9 heteroatoms. The number of nitrogens with two attached hydrogens (primary N) is 1. The molecular weight excluding hydrogens is 366 g/mol. The van der Waals surface area contributed by atoms with Crippen LogP contribution in [0.25, 0.3) is 5.69 Å². The summed E-state index contributed by atoms with van der Waals surface area (Å²) in [6.07, 6.45) is 4.81. The number of aryl methyl sites for hydroxylation is 1. The number of amides is 2. The Balaban J connectivity index is 1.88. The van der Waals surface area contributed by atoms with Crippen molar-refractivity contribution in [1.82, 2.24) is 19.9 Å². The molecule has 2 amide bonds. The van der Waals surface area contributed by atoms with E-state index in [4.69, 9.17) is 5.73 Å². The van der Waals surface area contributed by atoms with Crippen molar-refractivity contribution >= 4 is 28.9 Å². The van der Waals surface area contributed by atoms with Crippen LogP contribution < -0.4 is 11.1 Å². The van der Waals surface area contributed by atoms with E-state index in [1.54, 1.807) is 36.0 Å². The second-order valence-corrected chi connectivity index (χ2v) is 6.61. The average molecular weight is 383 g/mol. The van der Waals surface area contributed by atoms with E-state index >= 15 is 0 Å². The predicted molar refractivity (Wildman–Crippen MR) is 99.6 cm³/mol. The van der Waals surface area contributed by atoms with Crippen molar-refractivity contribution in [3.63, 3.8) is 0 Å². The van der Waals surface area contributed by atoms with Crippen LogP contribution >= 0.6 is 11.3 Å². The number of ketones is 1. The van der Waals surface area contributed by atoms with Crippen molar-refractivity contribution in [2.75, 3.05) is 0 Å². The smallest absolute Gasteiger partial charge is 0.287 e. The fraction of sp³-hybridized carbons (Fsp3) is 0.167. The highest BCUT2D eigenvalue weighted by molar-refractivity contribution is 7.07. The van der Waals surface area contributed by atoms with Gasteiger partial charge in [-0.25, -0.2) is 4.98 Å². The molecule has 1 atom stereocenters. The molecule has 3 aromatic rings. The topological polar surface area (TPSA) is 120 Å². The molecule has 0 bridgehead atoms. The first-order valence-corrected chi connectivity index (χ1v) is 9.02. The fourth-order valence-corrected chi connectivity index (χ4v) is 3.36. The van der Waals surface area contributed by atoms with Crippen LogP contribution in [-0.4, -0.2) is 38.2 Å². The average Bonchev–Trinajstić information content (AvgIpc) is 3.30. The lowest BCUT2D eigenvalue weighted by Crippen LogP contribution is -2.47. The van der Waals surface area contributed by atoms with Gasteiger partial charge in [0.1, 0.15) is 17.6 Å². The molecular formula is C18H17N5O3S. The van der Waals surface area contributed by atoms with Gasteiger partial charge in [0.2, 0.25) is 5.78 Å². The summed E-state index contributed by atoms with van der Waals surface area (Å²) < 4.78 is 1.62. The van der Waals surface area contributed by atoms with Gasteiger partial charge in [-0.2, -0.15) is 11.3 Å². The van der Waals surface area contributed by atoms with Gasteiger partial charge in [-0.3, -0.25) is 23.9 Å². The number of pyridine rings is 1. The van der Waals surface area contributed by atoms with Crippen LogP contribution in [0.1, 0.15) is 21.9 Å². The number of nitrogens with zero attached hydrogens (tertiary/aromatic N) is 3. The number of rotatable bonds is 7. The summed E-state index contributed by atoms with van der Waals surface area (Å²) in [5.41, 5.74) is 6.86. The summed E-state index contributed by atoms with van der Waals surface area (Å²) >= 11 is 1.46. The number of hydrogen-bond donors (Lipinski definition) is 2. The van der Waals surface area contributed by atoms with Gasteiger partial charge in [0.15, 0.2) is 0 Å². The molecule has 0 fully saturated rings. The zero-order chi connectivity index (χ0) is 19.4. The van der Waals surface area contributed by atoms with Gasteiger partial charge >= 0.3 is 0 Å². The maximum atomic E-state index is 12.8. The Morgan fingerprint density at radius 2 is 2.11 bits per heavy atom. The number of carbonyl (C=O) groups excluding carboxylic acids is 3. The minimum atomic E-state index is -1.09. The van der Waals surface area contributed by atoms with Gasteiger partial charge in [0.05, 0.1) is 18.1 Å². The van der Waals surface area contributed by atoms with E-state index in [2.05, 4.69) is 15.3 Å². The molecule has 27 heavy (non-hydrogen) atoms. The number of primary amides is 1. The predicted octanol–water partition coefficient (Wildman–Crippen LogP) is 1.03. The Morgan fingerprint density at radius 1 is 1.30 bits per heavy atom. The van der Waals surface area contributed by atoms with Crippen molar-refractivity contribution in [3.8, 4) is 5.69 Å². The summed E-state index contributed by atoms with van der Waals surface area (Å²) in [4.78, 5) is 44.6. The second kappa shape index (κ2) is 7.92. The summed E-state index contributed by atoms with van der Waals surface area (Å²) in [5.74, 6) is -1.88. The second-order valence-electron chi connectivity index (χ2n) is 5.83. The maximum absolute atomic E-state index is 12.8. The summed E-state index contributed by atoms with van der Waals surface area (Å²) in [6, 6.07) is 4.30. The van der Waals surface area contributed by atoms with Gasteiger partial charge in [0, 0.05) is 12.6 Å². The quantitative estimate of drug-likeness (QED) is 0.591. The number of imidazole rings is 1. The number of aromatic nitrogens is 3. The van der Waals surface area contributed by atoms with E-state index in [1.807, 2.05) is 16.8 Å². The molecule has 3 N–H and O–H groups in total. The zero-order valence-corrected chi connectivity index (χ0v) is 15.3. The minimum absolute atomic E-state index is 0.178. The van der Waals surface area contributed by atoms with Gasteiger partial charge in [-0.1, -0.05) is 0 Å². The molecule has 0 saturated heterocycles. The number of thiophene rings is 1. The van der Waals surface area contributed by atoms with E-state index in [1.165, 1.54) is 17.5 Å². The van der Waals surface area contributed by atoms with Gasteiger partial charge in [0.25, 0.3) is 11.8 Å². The first kappa shape index (κ1) is 18.5. The van der Waals surface area contributed by atoms with Crippen LogP contribution in [0.3, 0.4) is 0 Å². The van der Waals surface area contributed by atoms with Gasteiger partial charge in [-0.05, 0) is 41.4 Å². The van der Waals surface area contributed by atoms with E-state index in [0.717, 1.165) is 5.56 Å². The van der Waals surface area contributed by atoms with Gasteiger partial charge < -0.3 is 11.1 Å². The monoisotopic (exact) mass is 383 g/mol.